The average molecular weight is 196 g/mol. The Morgan fingerprint density at radius 2 is 2.43 bits per heavy atom. The fourth-order valence-corrected chi connectivity index (χ4v) is 1.09. The number of carbonyl (C=O) groups is 1. The van der Waals surface area contributed by atoms with Crippen LogP contribution in [0.4, 0.5) is 0 Å². The first-order chi connectivity index (χ1) is 6.65. The van der Waals surface area contributed by atoms with Gasteiger partial charge in [0.05, 0.1) is 7.11 Å². The molecule has 5 heteroatoms. The first kappa shape index (κ1) is 10.5. The maximum absolute atomic E-state index is 11.2. The van der Waals surface area contributed by atoms with Crippen molar-refractivity contribution in [3.8, 4) is 0 Å². The second-order valence-electron chi connectivity index (χ2n) is 2.86. The molecule has 5 nitrogen and oxygen atoms in total. The Balaban J connectivity index is 2.74. The molecule has 1 rings (SSSR count). The summed E-state index contributed by atoms with van der Waals surface area (Å²) in [7, 11) is 1.26. The van der Waals surface area contributed by atoms with Gasteiger partial charge >= 0.3 is 5.97 Å². The number of hydrogen-bond donors (Lipinski definition) is 2. The molecule has 0 aliphatic carbocycles. The van der Waals surface area contributed by atoms with Gasteiger partial charge in [-0.3, -0.25) is 9.59 Å². The first-order valence-corrected chi connectivity index (χ1v) is 4.15. The van der Waals surface area contributed by atoms with Crippen LogP contribution in [0.25, 0.3) is 0 Å². The van der Waals surface area contributed by atoms with Crippen molar-refractivity contribution in [3.63, 3.8) is 0 Å². The van der Waals surface area contributed by atoms with E-state index in [2.05, 4.69) is 9.72 Å². The number of H-pyrrole nitrogens is 1. The topological polar surface area (TPSA) is 85.2 Å². The molecule has 0 saturated carbocycles. The van der Waals surface area contributed by atoms with E-state index >= 15 is 0 Å². The minimum Gasteiger partial charge on any atom is -0.468 e. The van der Waals surface area contributed by atoms with E-state index in [-0.39, 0.29) is 12.0 Å². The number of aromatic nitrogens is 1. The molecule has 1 atom stereocenters. The van der Waals surface area contributed by atoms with Crippen molar-refractivity contribution >= 4 is 5.97 Å². The Bertz CT molecular complexity index is 372. The summed E-state index contributed by atoms with van der Waals surface area (Å²) in [5.41, 5.74) is 5.75. The van der Waals surface area contributed by atoms with Crippen LogP contribution in [0.2, 0.25) is 0 Å². The molecule has 0 aromatic carbocycles. The molecule has 0 aliphatic heterocycles. The largest absolute Gasteiger partial charge is 0.468 e. The maximum Gasteiger partial charge on any atom is 0.322 e. The lowest BCUT2D eigenvalue weighted by Gasteiger charge is -2.07. The van der Waals surface area contributed by atoms with Crippen LogP contribution in [0, 0.1) is 0 Å². The van der Waals surface area contributed by atoms with E-state index in [1.54, 1.807) is 12.1 Å². The second-order valence-corrected chi connectivity index (χ2v) is 2.86. The van der Waals surface area contributed by atoms with Gasteiger partial charge in [0.1, 0.15) is 6.04 Å². The molecule has 0 spiro atoms. The molecule has 0 amide bonds. The summed E-state index contributed by atoms with van der Waals surface area (Å²) in [6.07, 6.45) is 1.71. The molecule has 1 aromatic rings. The van der Waals surface area contributed by atoms with Crippen molar-refractivity contribution < 1.29 is 9.53 Å². The summed E-state index contributed by atoms with van der Waals surface area (Å²) in [6.45, 7) is 0. The molecule has 3 N–H and O–H groups in total. The summed E-state index contributed by atoms with van der Waals surface area (Å²) >= 11 is 0. The van der Waals surface area contributed by atoms with Gasteiger partial charge in [-0.15, -0.1) is 0 Å². The summed E-state index contributed by atoms with van der Waals surface area (Å²) < 4.78 is 4.45. The lowest BCUT2D eigenvalue weighted by molar-refractivity contribution is -0.142. The number of hydrogen-bond acceptors (Lipinski definition) is 4. The van der Waals surface area contributed by atoms with Gasteiger partial charge in [0.2, 0.25) is 0 Å². The number of nitrogens with two attached hydrogens (primary N) is 1. The number of nitrogens with one attached hydrogen (secondary N) is 1. The number of methoxy groups -OCH3 is 1. The van der Waals surface area contributed by atoms with Crippen molar-refractivity contribution in [1.82, 2.24) is 4.98 Å². The van der Waals surface area contributed by atoms with Crippen molar-refractivity contribution in [1.29, 1.82) is 0 Å². The summed E-state index contributed by atoms with van der Waals surface area (Å²) in [4.78, 5) is 24.7. The van der Waals surface area contributed by atoms with Gasteiger partial charge in [-0.05, 0) is 6.07 Å². The normalized spacial score (nSPS) is 12.1. The zero-order valence-electron chi connectivity index (χ0n) is 7.82. The SMILES string of the molecule is COC(=O)C(N)Cc1ccc[nH]c1=O. The third-order valence-electron chi connectivity index (χ3n) is 1.84. The van der Waals surface area contributed by atoms with Gasteiger partial charge in [-0.2, -0.15) is 0 Å². The van der Waals surface area contributed by atoms with Crippen LogP contribution in [-0.2, 0) is 16.0 Å². The van der Waals surface area contributed by atoms with Crippen LogP contribution in [-0.4, -0.2) is 24.1 Å². The number of esters is 1. The van der Waals surface area contributed by atoms with E-state index in [9.17, 15) is 9.59 Å². The van der Waals surface area contributed by atoms with E-state index in [0.717, 1.165) is 0 Å². The highest BCUT2D eigenvalue weighted by atomic mass is 16.5. The fraction of sp³-hybridized carbons (Fsp3) is 0.333. The van der Waals surface area contributed by atoms with Crippen molar-refractivity contribution in [3.05, 3.63) is 34.2 Å². The Kier molecular flexibility index (Phi) is 3.41. The summed E-state index contributed by atoms with van der Waals surface area (Å²) in [6, 6.07) is 2.52. The zero-order chi connectivity index (χ0) is 10.6. The molecule has 0 bridgehead atoms. The molecule has 1 heterocycles. The van der Waals surface area contributed by atoms with Gasteiger partial charge in [0.25, 0.3) is 5.56 Å². The van der Waals surface area contributed by atoms with E-state index in [1.165, 1.54) is 13.3 Å². The third kappa shape index (κ3) is 2.43. The van der Waals surface area contributed by atoms with Crippen LogP contribution >= 0.6 is 0 Å². The van der Waals surface area contributed by atoms with Crippen LogP contribution in [0.3, 0.4) is 0 Å². The molecular weight excluding hydrogens is 184 g/mol. The van der Waals surface area contributed by atoms with Gasteiger partial charge < -0.3 is 15.5 Å². The predicted octanol–water partition coefficient (Wildman–Crippen LogP) is -0.582. The van der Waals surface area contributed by atoms with Crippen LogP contribution in [0.5, 0.6) is 0 Å². The average Bonchev–Trinajstić information content (AvgIpc) is 2.20. The van der Waals surface area contributed by atoms with E-state index in [1.807, 2.05) is 0 Å². The zero-order valence-corrected chi connectivity index (χ0v) is 7.82. The minimum atomic E-state index is -0.788. The Morgan fingerprint density at radius 1 is 1.71 bits per heavy atom. The minimum absolute atomic E-state index is 0.183. The van der Waals surface area contributed by atoms with Crippen LogP contribution in [0.15, 0.2) is 23.1 Å². The molecule has 14 heavy (non-hydrogen) atoms. The van der Waals surface area contributed by atoms with Crippen molar-refractivity contribution in [2.75, 3.05) is 7.11 Å². The van der Waals surface area contributed by atoms with E-state index < -0.39 is 12.0 Å². The monoisotopic (exact) mass is 196 g/mol. The van der Waals surface area contributed by atoms with Gasteiger partial charge in [0, 0.05) is 18.2 Å². The first-order valence-electron chi connectivity index (χ1n) is 4.15. The van der Waals surface area contributed by atoms with Crippen LogP contribution in [0.1, 0.15) is 5.56 Å². The van der Waals surface area contributed by atoms with Crippen molar-refractivity contribution in [2.45, 2.75) is 12.5 Å². The maximum atomic E-state index is 11.2. The molecule has 0 fully saturated rings. The fourth-order valence-electron chi connectivity index (χ4n) is 1.09. The van der Waals surface area contributed by atoms with E-state index in [0.29, 0.717) is 5.56 Å². The molecule has 76 valence electrons. The Labute approximate surface area is 80.9 Å². The standard InChI is InChI=1S/C9H12N2O3/c1-14-9(13)7(10)5-6-3-2-4-11-8(6)12/h2-4,7H,5,10H2,1H3,(H,11,12). The second kappa shape index (κ2) is 4.57. The smallest absolute Gasteiger partial charge is 0.322 e. The van der Waals surface area contributed by atoms with Gasteiger partial charge in [-0.25, -0.2) is 0 Å². The highest BCUT2D eigenvalue weighted by Crippen LogP contribution is 1.96. The number of carbonyl (C=O) groups excluding carboxylic acids is 1. The van der Waals surface area contributed by atoms with Gasteiger partial charge in [-0.1, -0.05) is 6.07 Å². The Morgan fingerprint density at radius 3 is 3.00 bits per heavy atom. The third-order valence-corrected chi connectivity index (χ3v) is 1.84. The summed E-state index contributed by atoms with van der Waals surface area (Å²) in [5, 5.41) is 0. The molecule has 0 aliphatic rings. The Hall–Kier alpha value is -1.62. The molecule has 0 radical (unpaired) electrons. The molecule has 1 unspecified atom stereocenters. The van der Waals surface area contributed by atoms with E-state index in [4.69, 9.17) is 5.73 Å². The number of ether oxygens (including phenoxy) is 1. The molecule has 0 saturated heterocycles. The number of rotatable bonds is 3. The molecule has 1 aromatic heterocycles. The number of aromatic amines is 1. The highest BCUT2D eigenvalue weighted by molar-refractivity contribution is 5.75. The number of pyridine rings is 1. The van der Waals surface area contributed by atoms with Gasteiger partial charge in [0.15, 0.2) is 0 Å². The lowest BCUT2D eigenvalue weighted by Crippen LogP contribution is -2.35. The molecular formula is C9H12N2O3. The predicted molar refractivity (Wildman–Crippen MR) is 50.8 cm³/mol. The lowest BCUT2D eigenvalue weighted by atomic mass is 10.1. The van der Waals surface area contributed by atoms with Crippen LogP contribution < -0.4 is 11.3 Å². The highest BCUT2D eigenvalue weighted by Gasteiger charge is 2.15. The quantitative estimate of drug-likeness (QED) is 0.633. The summed E-state index contributed by atoms with van der Waals surface area (Å²) in [5.74, 6) is -0.520. The van der Waals surface area contributed by atoms with Crippen molar-refractivity contribution in [2.24, 2.45) is 5.73 Å².